The summed E-state index contributed by atoms with van der Waals surface area (Å²) in [4.78, 5) is 37.9. The van der Waals surface area contributed by atoms with Crippen molar-refractivity contribution < 1.29 is 14.4 Å². The highest BCUT2D eigenvalue weighted by Gasteiger charge is 2.20. The van der Waals surface area contributed by atoms with Gasteiger partial charge in [-0.2, -0.15) is 0 Å². The van der Waals surface area contributed by atoms with Crippen LogP contribution in [-0.2, 0) is 28.9 Å². The standard InChI is InChI=1S/C21H25N3O3S/c1-14-7-8-17-16(11-14)13-18(28-17)21(27)24-23-19(25)9-10-22-20(26)12-15-5-3-2-4-6-15/h2-6,13-14H,7-12H2,1H3,(H,22,26)(H,23,25)(H,24,27). The van der Waals surface area contributed by atoms with Crippen LogP contribution >= 0.6 is 11.3 Å². The van der Waals surface area contributed by atoms with Gasteiger partial charge in [-0.05, 0) is 42.4 Å². The maximum absolute atomic E-state index is 12.2. The fraction of sp³-hybridized carbons (Fsp3) is 0.381. The average molecular weight is 400 g/mol. The molecule has 6 nitrogen and oxygen atoms in total. The lowest BCUT2D eigenvalue weighted by Crippen LogP contribution is -2.42. The number of carbonyl (C=O) groups is 3. The van der Waals surface area contributed by atoms with Gasteiger partial charge in [0.15, 0.2) is 0 Å². The van der Waals surface area contributed by atoms with Crippen molar-refractivity contribution >= 4 is 29.1 Å². The number of hydrogen-bond acceptors (Lipinski definition) is 4. The molecule has 7 heteroatoms. The molecule has 3 rings (SSSR count). The molecule has 0 fully saturated rings. The van der Waals surface area contributed by atoms with Gasteiger partial charge in [0.1, 0.15) is 0 Å². The van der Waals surface area contributed by atoms with Gasteiger partial charge >= 0.3 is 0 Å². The highest BCUT2D eigenvalue weighted by molar-refractivity contribution is 7.14. The maximum atomic E-state index is 12.2. The molecule has 1 atom stereocenters. The number of hydrogen-bond donors (Lipinski definition) is 3. The Bertz CT molecular complexity index is 848. The third-order valence-electron chi connectivity index (χ3n) is 4.75. The molecule has 3 N–H and O–H groups in total. The largest absolute Gasteiger partial charge is 0.355 e. The molecule has 148 valence electrons. The first-order valence-corrected chi connectivity index (χ1v) is 10.3. The van der Waals surface area contributed by atoms with Crippen LogP contribution in [0, 0.1) is 5.92 Å². The van der Waals surface area contributed by atoms with Crippen LogP contribution < -0.4 is 16.2 Å². The van der Waals surface area contributed by atoms with Gasteiger partial charge in [0.2, 0.25) is 11.8 Å². The van der Waals surface area contributed by atoms with E-state index in [1.54, 1.807) is 0 Å². The zero-order valence-corrected chi connectivity index (χ0v) is 16.7. The molecule has 0 aliphatic heterocycles. The molecule has 0 spiro atoms. The van der Waals surface area contributed by atoms with Gasteiger partial charge in [-0.1, -0.05) is 37.3 Å². The first kappa shape index (κ1) is 20.1. The Labute approximate surface area is 168 Å². The van der Waals surface area contributed by atoms with E-state index in [9.17, 15) is 14.4 Å². The zero-order chi connectivity index (χ0) is 19.9. The average Bonchev–Trinajstić information content (AvgIpc) is 3.10. The van der Waals surface area contributed by atoms with Gasteiger partial charge in [-0.15, -0.1) is 11.3 Å². The predicted octanol–water partition coefficient (Wildman–Crippen LogP) is 2.38. The second-order valence-electron chi connectivity index (χ2n) is 7.17. The molecule has 2 aromatic rings. The van der Waals surface area contributed by atoms with Crippen molar-refractivity contribution in [3.8, 4) is 0 Å². The predicted molar refractivity (Wildman–Crippen MR) is 109 cm³/mol. The summed E-state index contributed by atoms with van der Waals surface area (Å²) in [7, 11) is 0. The van der Waals surface area contributed by atoms with E-state index in [0.29, 0.717) is 10.8 Å². The Balaban J connectivity index is 1.36. The van der Waals surface area contributed by atoms with E-state index in [0.717, 1.165) is 24.8 Å². The summed E-state index contributed by atoms with van der Waals surface area (Å²) < 4.78 is 0. The van der Waals surface area contributed by atoms with Crippen LogP contribution in [0.2, 0.25) is 0 Å². The van der Waals surface area contributed by atoms with E-state index in [2.05, 4.69) is 23.1 Å². The molecular weight excluding hydrogens is 374 g/mol. The Morgan fingerprint density at radius 2 is 1.89 bits per heavy atom. The number of aryl methyl sites for hydroxylation is 1. The van der Waals surface area contributed by atoms with E-state index in [-0.39, 0.29) is 37.1 Å². The molecule has 1 unspecified atom stereocenters. The van der Waals surface area contributed by atoms with Gasteiger partial charge in [-0.3, -0.25) is 25.2 Å². The molecule has 0 bridgehead atoms. The lowest BCUT2D eigenvalue weighted by Gasteiger charge is -2.16. The lowest BCUT2D eigenvalue weighted by atomic mass is 9.90. The van der Waals surface area contributed by atoms with Crippen molar-refractivity contribution in [2.75, 3.05) is 6.54 Å². The third-order valence-corrected chi connectivity index (χ3v) is 5.99. The molecule has 1 aliphatic rings. The number of benzene rings is 1. The molecular formula is C21H25N3O3S. The number of carbonyl (C=O) groups excluding carboxylic acids is 3. The van der Waals surface area contributed by atoms with Crippen molar-refractivity contribution in [1.82, 2.24) is 16.2 Å². The lowest BCUT2D eigenvalue weighted by molar-refractivity contribution is -0.122. The van der Waals surface area contributed by atoms with Gasteiger partial charge < -0.3 is 5.32 Å². The molecule has 0 saturated carbocycles. The Morgan fingerprint density at radius 3 is 2.68 bits per heavy atom. The summed E-state index contributed by atoms with van der Waals surface area (Å²) in [5, 5.41) is 2.71. The molecule has 0 radical (unpaired) electrons. The van der Waals surface area contributed by atoms with Crippen molar-refractivity contribution in [1.29, 1.82) is 0 Å². The van der Waals surface area contributed by atoms with Gasteiger partial charge in [0.25, 0.3) is 5.91 Å². The Kier molecular flexibility index (Phi) is 6.81. The topological polar surface area (TPSA) is 87.3 Å². The molecule has 1 aromatic heterocycles. The van der Waals surface area contributed by atoms with E-state index < -0.39 is 0 Å². The van der Waals surface area contributed by atoms with Crippen molar-refractivity contribution in [2.45, 2.75) is 39.0 Å². The Hall–Kier alpha value is -2.67. The monoisotopic (exact) mass is 399 g/mol. The molecule has 3 amide bonds. The van der Waals surface area contributed by atoms with Crippen molar-refractivity contribution in [3.05, 3.63) is 57.3 Å². The van der Waals surface area contributed by atoms with E-state index in [1.807, 2.05) is 36.4 Å². The fourth-order valence-electron chi connectivity index (χ4n) is 3.23. The minimum Gasteiger partial charge on any atom is -0.355 e. The number of amides is 3. The summed E-state index contributed by atoms with van der Waals surface area (Å²) >= 11 is 1.50. The normalized spacial score (nSPS) is 15.4. The molecule has 1 heterocycles. The zero-order valence-electron chi connectivity index (χ0n) is 15.9. The highest BCUT2D eigenvalue weighted by atomic mass is 32.1. The number of nitrogens with one attached hydrogen (secondary N) is 3. The van der Waals surface area contributed by atoms with E-state index >= 15 is 0 Å². The second-order valence-corrected chi connectivity index (χ2v) is 8.31. The smallest absolute Gasteiger partial charge is 0.279 e. The summed E-state index contributed by atoms with van der Waals surface area (Å²) in [5.74, 6) is -0.131. The summed E-state index contributed by atoms with van der Waals surface area (Å²) in [6.07, 6.45) is 3.55. The van der Waals surface area contributed by atoms with Crippen LogP contribution in [0.5, 0.6) is 0 Å². The van der Waals surface area contributed by atoms with Crippen LogP contribution in [0.3, 0.4) is 0 Å². The summed E-state index contributed by atoms with van der Waals surface area (Å²) in [6, 6.07) is 11.3. The number of thiophene rings is 1. The van der Waals surface area contributed by atoms with Crippen molar-refractivity contribution in [3.63, 3.8) is 0 Å². The SMILES string of the molecule is CC1CCc2sc(C(=O)NNC(=O)CCNC(=O)Cc3ccccc3)cc2C1. The number of fused-ring (bicyclic) bond motifs is 1. The number of hydrazine groups is 1. The van der Waals surface area contributed by atoms with E-state index in [4.69, 9.17) is 0 Å². The minimum absolute atomic E-state index is 0.0965. The maximum Gasteiger partial charge on any atom is 0.279 e. The van der Waals surface area contributed by atoms with Crippen LogP contribution in [-0.4, -0.2) is 24.3 Å². The number of rotatable bonds is 6. The second kappa shape index (κ2) is 9.50. The van der Waals surface area contributed by atoms with Gasteiger partial charge in [-0.25, -0.2) is 0 Å². The first-order valence-electron chi connectivity index (χ1n) is 9.52. The fourth-order valence-corrected chi connectivity index (χ4v) is 4.33. The van der Waals surface area contributed by atoms with Gasteiger partial charge in [0.05, 0.1) is 11.3 Å². The first-order chi connectivity index (χ1) is 13.5. The van der Waals surface area contributed by atoms with Crippen LogP contribution in [0.25, 0.3) is 0 Å². The summed E-state index contributed by atoms with van der Waals surface area (Å²) in [6.45, 7) is 2.44. The molecule has 28 heavy (non-hydrogen) atoms. The van der Waals surface area contributed by atoms with Crippen LogP contribution in [0.1, 0.15) is 45.4 Å². The third kappa shape index (κ3) is 5.66. The minimum atomic E-state index is -0.344. The molecule has 1 aromatic carbocycles. The van der Waals surface area contributed by atoms with Gasteiger partial charge in [0, 0.05) is 17.8 Å². The molecule has 0 saturated heterocycles. The highest BCUT2D eigenvalue weighted by Crippen LogP contribution is 2.32. The quantitative estimate of drug-likeness (QED) is 0.652. The van der Waals surface area contributed by atoms with Crippen molar-refractivity contribution in [2.24, 2.45) is 5.92 Å². The van der Waals surface area contributed by atoms with E-state index in [1.165, 1.54) is 21.8 Å². The van der Waals surface area contributed by atoms with Crippen LogP contribution in [0.15, 0.2) is 36.4 Å². The molecule has 1 aliphatic carbocycles. The summed E-state index contributed by atoms with van der Waals surface area (Å²) in [5.41, 5.74) is 7.04. The van der Waals surface area contributed by atoms with Crippen LogP contribution in [0.4, 0.5) is 0 Å². The Morgan fingerprint density at radius 1 is 1.11 bits per heavy atom.